The fourth-order valence-electron chi connectivity index (χ4n) is 3.46. The van der Waals surface area contributed by atoms with Crippen molar-refractivity contribution in [2.24, 2.45) is 0 Å². The minimum atomic E-state index is -0.185. The molecule has 2 aromatic rings. The summed E-state index contributed by atoms with van der Waals surface area (Å²) in [5.74, 6) is -0.370. The van der Waals surface area contributed by atoms with Crippen LogP contribution in [0.4, 0.5) is 0 Å². The van der Waals surface area contributed by atoms with Crippen LogP contribution in [0.5, 0.6) is 0 Å². The third kappa shape index (κ3) is 2.25. The van der Waals surface area contributed by atoms with Crippen molar-refractivity contribution in [2.75, 3.05) is 6.54 Å². The van der Waals surface area contributed by atoms with Crippen LogP contribution in [-0.4, -0.2) is 35.0 Å². The average molecular weight is 309 g/mol. The Balaban J connectivity index is 1.59. The van der Waals surface area contributed by atoms with Crippen LogP contribution in [0.15, 0.2) is 36.4 Å². The van der Waals surface area contributed by atoms with E-state index in [4.69, 9.17) is 4.74 Å². The highest BCUT2D eigenvalue weighted by Gasteiger charge is 2.47. The molecular formula is C19H19NO3. The second kappa shape index (κ2) is 4.90. The van der Waals surface area contributed by atoms with Gasteiger partial charge in [-0.1, -0.05) is 24.3 Å². The number of amides is 2. The third-order valence-corrected chi connectivity index (χ3v) is 4.87. The van der Waals surface area contributed by atoms with E-state index in [1.54, 1.807) is 12.1 Å². The highest BCUT2D eigenvalue weighted by atomic mass is 16.6. The normalized spacial score (nSPS) is 21.8. The van der Waals surface area contributed by atoms with Crippen LogP contribution in [0.2, 0.25) is 0 Å². The van der Waals surface area contributed by atoms with Crippen molar-refractivity contribution in [2.45, 2.75) is 38.4 Å². The Morgan fingerprint density at radius 2 is 1.61 bits per heavy atom. The SMILES string of the molecule is CC1(C)OC1CCCN1C(=O)c2cccc3cccc(c23)C1=O. The third-order valence-electron chi connectivity index (χ3n) is 4.87. The summed E-state index contributed by atoms with van der Waals surface area (Å²) in [5, 5.41) is 1.72. The zero-order chi connectivity index (χ0) is 16.2. The lowest BCUT2D eigenvalue weighted by Gasteiger charge is -2.27. The molecule has 0 bridgehead atoms. The van der Waals surface area contributed by atoms with E-state index in [0.29, 0.717) is 17.7 Å². The van der Waals surface area contributed by atoms with Crippen molar-refractivity contribution in [1.29, 1.82) is 0 Å². The summed E-state index contributed by atoms with van der Waals surface area (Å²) in [6.45, 7) is 4.57. The first-order valence-corrected chi connectivity index (χ1v) is 8.05. The first-order chi connectivity index (χ1) is 11.0. The van der Waals surface area contributed by atoms with Crippen LogP contribution in [0.25, 0.3) is 10.8 Å². The van der Waals surface area contributed by atoms with Crippen molar-refractivity contribution in [3.63, 3.8) is 0 Å². The summed E-state index contributed by atoms with van der Waals surface area (Å²) in [5.41, 5.74) is 1.20. The number of carbonyl (C=O) groups excluding carboxylic acids is 2. The van der Waals surface area contributed by atoms with Gasteiger partial charge in [-0.25, -0.2) is 0 Å². The molecule has 4 heteroatoms. The van der Waals surface area contributed by atoms with Gasteiger partial charge < -0.3 is 4.74 Å². The molecule has 1 saturated heterocycles. The summed E-state index contributed by atoms with van der Waals surface area (Å²) in [7, 11) is 0. The van der Waals surface area contributed by atoms with E-state index in [9.17, 15) is 9.59 Å². The maximum Gasteiger partial charge on any atom is 0.261 e. The fourth-order valence-corrected chi connectivity index (χ4v) is 3.46. The van der Waals surface area contributed by atoms with Gasteiger partial charge in [-0.15, -0.1) is 0 Å². The van der Waals surface area contributed by atoms with E-state index in [1.807, 2.05) is 24.3 Å². The molecule has 0 aliphatic carbocycles. The Morgan fingerprint density at radius 3 is 2.13 bits per heavy atom. The predicted molar refractivity (Wildman–Crippen MR) is 87.5 cm³/mol. The number of nitrogens with zero attached hydrogens (tertiary/aromatic N) is 1. The highest BCUT2D eigenvalue weighted by molar-refractivity contribution is 6.25. The monoisotopic (exact) mass is 309 g/mol. The van der Waals surface area contributed by atoms with Crippen LogP contribution in [0.3, 0.4) is 0 Å². The quantitative estimate of drug-likeness (QED) is 0.642. The molecule has 2 aliphatic rings. The van der Waals surface area contributed by atoms with Crippen molar-refractivity contribution in [1.82, 2.24) is 4.90 Å². The number of carbonyl (C=O) groups is 2. The molecule has 2 amide bonds. The molecule has 0 saturated carbocycles. The smallest absolute Gasteiger partial charge is 0.261 e. The van der Waals surface area contributed by atoms with E-state index in [1.165, 1.54) is 4.90 Å². The lowest BCUT2D eigenvalue weighted by Crippen LogP contribution is -2.41. The van der Waals surface area contributed by atoms with Gasteiger partial charge in [-0.05, 0) is 44.2 Å². The fraction of sp³-hybridized carbons (Fsp3) is 0.368. The van der Waals surface area contributed by atoms with Crippen LogP contribution in [0, 0.1) is 0 Å². The van der Waals surface area contributed by atoms with Gasteiger partial charge in [0.05, 0.1) is 11.7 Å². The van der Waals surface area contributed by atoms with Crippen molar-refractivity contribution < 1.29 is 14.3 Å². The van der Waals surface area contributed by atoms with Gasteiger partial charge in [0, 0.05) is 23.1 Å². The summed E-state index contributed by atoms with van der Waals surface area (Å²) >= 11 is 0. The second-order valence-electron chi connectivity index (χ2n) is 6.82. The van der Waals surface area contributed by atoms with Gasteiger partial charge in [0.2, 0.25) is 0 Å². The van der Waals surface area contributed by atoms with Gasteiger partial charge >= 0.3 is 0 Å². The molecule has 2 heterocycles. The lowest BCUT2D eigenvalue weighted by molar-refractivity contribution is 0.0607. The molecule has 23 heavy (non-hydrogen) atoms. The maximum atomic E-state index is 12.7. The zero-order valence-electron chi connectivity index (χ0n) is 13.3. The zero-order valence-corrected chi connectivity index (χ0v) is 13.3. The molecule has 2 aliphatic heterocycles. The predicted octanol–water partition coefficient (Wildman–Crippen LogP) is 3.39. The number of imide groups is 1. The summed E-state index contributed by atoms with van der Waals surface area (Å²) in [6, 6.07) is 11.2. The number of epoxide rings is 1. The number of ether oxygens (including phenoxy) is 1. The van der Waals surface area contributed by atoms with E-state index >= 15 is 0 Å². The van der Waals surface area contributed by atoms with Crippen molar-refractivity contribution in [3.05, 3.63) is 47.5 Å². The molecule has 0 aromatic heterocycles. The Hall–Kier alpha value is -2.20. The summed E-state index contributed by atoms with van der Waals surface area (Å²) < 4.78 is 5.56. The van der Waals surface area contributed by atoms with Gasteiger partial charge in [-0.3, -0.25) is 14.5 Å². The Kier molecular flexibility index (Phi) is 3.07. The van der Waals surface area contributed by atoms with E-state index in [2.05, 4.69) is 13.8 Å². The first kappa shape index (κ1) is 14.4. The average Bonchev–Trinajstić information content (AvgIpc) is 3.15. The van der Waals surface area contributed by atoms with E-state index in [-0.39, 0.29) is 23.5 Å². The topological polar surface area (TPSA) is 49.9 Å². The van der Waals surface area contributed by atoms with Gasteiger partial charge in [0.15, 0.2) is 0 Å². The van der Waals surface area contributed by atoms with Crippen LogP contribution in [-0.2, 0) is 4.74 Å². The molecule has 118 valence electrons. The van der Waals surface area contributed by atoms with Crippen LogP contribution >= 0.6 is 0 Å². The van der Waals surface area contributed by atoms with Crippen molar-refractivity contribution >= 4 is 22.6 Å². The van der Waals surface area contributed by atoms with Gasteiger partial charge in [0.1, 0.15) is 0 Å². The number of rotatable bonds is 4. The molecule has 1 fully saturated rings. The summed E-state index contributed by atoms with van der Waals surface area (Å²) in [6.07, 6.45) is 1.88. The Labute approximate surface area is 135 Å². The molecule has 0 spiro atoms. The standard InChI is InChI=1S/C19H19NO3/c1-19(2)15(23-19)10-5-11-20-17(21)13-8-3-6-12-7-4-9-14(16(12)13)18(20)22/h3-4,6-9,15H,5,10-11H2,1-2H3. The Morgan fingerprint density at radius 1 is 1.04 bits per heavy atom. The number of hydrogen-bond donors (Lipinski definition) is 0. The van der Waals surface area contributed by atoms with Crippen LogP contribution in [0.1, 0.15) is 47.4 Å². The lowest BCUT2D eigenvalue weighted by atomic mass is 9.94. The van der Waals surface area contributed by atoms with Gasteiger partial charge in [-0.2, -0.15) is 0 Å². The minimum absolute atomic E-state index is 0.0475. The molecule has 4 rings (SSSR count). The van der Waals surface area contributed by atoms with Gasteiger partial charge in [0.25, 0.3) is 11.8 Å². The molecule has 4 nitrogen and oxygen atoms in total. The van der Waals surface area contributed by atoms with E-state index in [0.717, 1.165) is 23.6 Å². The van der Waals surface area contributed by atoms with E-state index < -0.39 is 0 Å². The number of benzene rings is 2. The highest BCUT2D eigenvalue weighted by Crippen LogP contribution is 2.38. The molecule has 1 unspecified atom stereocenters. The molecular weight excluding hydrogens is 290 g/mol. The van der Waals surface area contributed by atoms with Crippen molar-refractivity contribution in [3.8, 4) is 0 Å². The molecule has 1 atom stereocenters. The first-order valence-electron chi connectivity index (χ1n) is 8.05. The number of hydrogen-bond acceptors (Lipinski definition) is 3. The Bertz CT molecular complexity index is 774. The largest absolute Gasteiger partial charge is 0.367 e. The molecule has 0 N–H and O–H groups in total. The molecule has 0 radical (unpaired) electrons. The second-order valence-corrected chi connectivity index (χ2v) is 6.82. The van der Waals surface area contributed by atoms with Crippen LogP contribution < -0.4 is 0 Å². The molecule has 2 aromatic carbocycles. The summed E-state index contributed by atoms with van der Waals surface area (Å²) in [4.78, 5) is 26.8. The minimum Gasteiger partial charge on any atom is -0.367 e. The maximum absolute atomic E-state index is 12.7.